The van der Waals surface area contributed by atoms with Gasteiger partial charge in [0.1, 0.15) is 6.17 Å². The molecule has 1 aliphatic rings. The molecule has 0 bridgehead atoms. The van der Waals surface area contributed by atoms with E-state index in [0.717, 1.165) is 0 Å². The Morgan fingerprint density at radius 2 is 1.70 bits per heavy atom. The SMILES string of the molecule is C[C@@H]1[C@@H](F)[C@H](CO)[C@H]1CO. The topological polar surface area (TPSA) is 40.5 Å². The fraction of sp³-hybridized carbons (Fsp3) is 1.00. The smallest absolute Gasteiger partial charge is 0.108 e. The molecule has 1 fully saturated rings. The van der Waals surface area contributed by atoms with Gasteiger partial charge in [-0.2, -0.15) is 0 Å². The van der Waals surface area contributed by atoms with Crippen LogP contribution in [0.1, 0.15) is 6.92 Å². The van der Waals surface area contributed by atoms with Crippen LogP contribution < -0.4 is 0 Å². The van der Waals surface area contributed by atoms with Crippen LogP contribution >= 0.6 is 0 Å². The Hall–Kier alpha value is -0.150. The molecule has 0 aromatic rings. The summed E-state index contributed by atoms with van der Waals surface area (Å²) < 4.78 is 12.7. The lowest BCUT2D eigenvalue weighted by Crippen LogP contribution is -2.50. The predicted molar refractivity (Wildman–Crippen MR) is 35.2 cm³/mol. The van der Waals surface area contributed by atoms with Crippen LogP contribution in [0.3, 0.4) is 0 Å². The van der Waals surface area contributed by atoms with Crippen molar-refractivity contribution in [2.45, 2.75) is 13.1 Å². The number of hydrogen-bond donors (Lipinski definition) is 2. The maximum absolute atomic E-state index is 12.7. The standard InChI is InChI=1S/C7H13FO2/c1-4-5(2-9)6(3-10)7(4)8/h4-7,9-10H,2-3H2,1H3/t4-,5-,6+,7+/m0/s1. The molecule has 0 heterocycles. The van der Waals surface area contributed by atoms with Crippen molar-refractivity contribution < 1.29 is 14.6 Å². The molecule has 0 spiro atoms. The lowest BCUT2D eigenvalue weighted by molar-refractivity contribution is -0.0862. The van der Waals surface area contributed by atoms with Gasteiger partial charge in [0.15, 0.2) is 0 Å². The summed E-state index contributed by atoms with van der Waals surface area (Å²) in [6, 6.07) is 0. The van der Waals surface area contributed by atoms with Crippen molar-refractivity contribution in [3.05, 3.63) is 0 Å². The Kier molecular flexibility index (Phi) is 2.26. The van der Waals surface area contributed by atoms with E-state index in [-0.39, 0.29) is 31.0 Å². The first-order chi connectivity index (χ1) is 4.72. The molecule has 0 unspecified atom stereocenters. The molecule has 0 amide bonds. The first-order valence-corrected chi connectivity index (χ1v) is 3.58. The van der Waals surface area contributed by atoms with Gasteiger partial charge in [0, 0.05) is 19.1 Å². The Labute approximate surface area is 59.7 Å². The minimum absolute atomic E-state index is 0.00713. The summed E-state index contributed by atoms with van der Waals surface area (Å²) >= 11 is 0. The molecule has 1 rings (SSSR count). The zero-order valence-electron chi connectivity index (χ0n) is 6.00. The molecule has 3 heteroatoms. The highest BCUT2D eigenvalue weighted by molar-refractivity contribution is 4.94. The van der Waals surface area contributed by atoms with E-state index in [1.54, 1.807) is 6.92 Å². The summed E-state index contributed by atoms with van der Waals surface area (Å²) in [5.41, 5.74) is 0. The van der Waals surface area contributed by atoms with Crippen LogP contribution in [0.5, 0.6) is 0 Å². The Bertz CT molecular complexity index is 104. The lowest BCUT2D eigenvalue weighted by Gasteiger charge is -2.44. The minimum Gasteiger partial charge on any atom is -0.396 e. The molecule has 60 valence electrons. The van der Waals surface area contributed by atoms with E-state index in [0.29, 0.717) is 0 Å². The Balaban J connectivity index is 2.44. The third-order valence-corrected chi connectivity index (χ3v) is 2.56. The number of halogens is 1. The molecule has 0 aliphatic heterocycles. The van der Waals surface area contributed by atoms with Crippen molar-refractivity contribution in [1.29, 1.82) is 0 Å². The maximum atomic E-state index is 12.7. The summed E-state index contributed by atoms with van der Waals surface area (Å²) in [7, 11) is 0. The summed E-state index contributed by atoms with van der Waals surface area (Å²) in [5.74, 6) is -0.429. The molecule has 2 N–H and O–H groups in total. The molecule has 4 atom stereocenters. The fourth-order valence-electron chi connectivity index (χ4n) is 1.64. The number of alkyl halides is 1. The van der Waals surface area contributed by atoms with Crippen molar-refractivity contribution in [1.82, 2.24) is 0 Å². The van der Waals surface area contributed by atoms with E-state index in [1.165, 1.54) is 0 Å². The number of aliphatic hydroxyl groups excluding tert-OH is 2. The van der Waals surface area contributed by atoms with Gasteiger partial charge in [-0.25, -0.2) is 4.39 Å². The summed E-state index contributed by atoms with van der Waals surface area (Å²) in [6.45, 7) is 1.61. The van der Waals surface area contributed by atoms with Gasteiger partial charge in [-0.15, -0.1) is 0 Å². The summed E-state index contributed by atoms with van der Waals surface area (Å²) in [4.78, 5) is 0. The van der Waals surface area contributed by atoms with Crippen molar-refractivity contribution in [3.8, 4) is 0 Å². The maximum Gasteiger partial charge on any atom is 0.108 e. The van der Waals surface area contributed by atoms with Crippen molar-refractivity contribution >= 4 is 0 Å². The lowest BCUT2D eigenvalue weighted by atomic mass is 9.65. The molecule has 10 heavy (non-hydrogen) atoms. The highest BCUT2D eigenvalue weighted by Gasteiger charge is 2.47. The number of rotatable bonds is 2. The van der Waals surface area contributed by atoms with Crippen LogP contribution in [0, 0.1) is 17.8 Å². The van der Waals surface area contributed by atoms with Gasteiger partial charge >= 0.3 is 0 Å². The van der Waals surface area contributed by atoms with E-state index >= 15 is 0 Å². The van der Waals surface area contributed by atoms with E-state index in [1.807, 2.05) is 0 Å². The molecular weight excluding hydrogens is 135 g/mol. The molecule has 0 aromatic heterocycles. The monoisotopic (exact) mass is 148 g/mol. The Morgan fingerprint density at radius 1 is 1.20 bits per heavy atom. The zero-order valence-corrected chi connectivity index (χ0v) is 6.00. The average molecular weight is 148 g/mol. The van der Waals surface area contributed by atoms with Crippen LogP contribution in [0.4, 0.5) is 4.39 Å². The third-order valence-electron chi connectivity index (χ3n) is 2.56. The zero-order chi connectivity index (χ0) is 7.72. The summed E-state index contributed by atoms with van der Waals surface area (Å²) in [5, 5.41) is 17.3. The highest BCUT2D eigenvalue weighted by Crippen LogP contribution is 2.41. The molecule has 1 saturated carbocycles. The summed E-state index contributed by atoms with van der Waals surface area (Å²) in [6.07, 6.45) is -0.915. The second-order valence-corrected chi connectivity index (χ2v) is 3.00. The van der Waals surface area contributed by atoms with E-state index in [2.05, 4.69) is 0 Å². The van der Waals surface area contributed by atoms with Crippen LogP contribution in [-0.4, -0.2) is 29.6 Å². The highest BCUT2D eigenvalue weighted by atomic mass is 19.1. The Morgan fingerprint density at radius 3 is 2.00 bits per heavy atom. The van der Waals surface area contributed by atoms with Crippen LogP contribution in [-0.2, 0) is 0 Å². The van der Waals surface area contributed by atoms with Gasteiger partial charge in [0.05, 0.1) is 0 Å². The van der Waals surface area contributed by atoms with E-state index in [9.17, 15) is 4.39 Å². The third kappa shape index (κ3) is 0.935. The van der Waals surface area contributed by atoms with Crippen LogP contribution in [0.2, 0.25) is 0 Å². The fourth-order valence-corrected chi connectivity index (χ4v) is 1.64. The van der Waals surface area contributed by atoms with Gasteiger partial charge in [-0.3, -0.25) is 0 Å². The minimum atomic E-state index is -0.915. The quantitative estimate of drug-likeness (QED) is 0.587. The van der Waals surface area contributed by atoms with Crippen molar-refractivity contribution in [3.63, 3.8) is 0 Å². The van der Waals surface area contributed by atoms with Crippen molar-refractivity contribution in [2.24, 2.45) is 17.8 Å². The van der Waals surface area contributed by atoms with Gasteiger partial charge in [0.25, 0.3) is 0 Å². The van der Waals surface area contributed by atoms with Crippen molar-refractivity contribution in [2.75, 3.05) is 13.2 Å². The van der Waals surface area contributed by atoms with Gasteiger partial charge < -0.3 is 10.2 Å². The second-order valence-electron chi connectivity index (χ2n) is 3.00. The largest absolute Gasteiger partial charge is 0.396 e. The molecule has 1 aliphatic carbocycles. The van der Waals surface area contributed by atoms with Gasteiger partial charge in [0.2, 0.25) is 0 Å². The van der Waals surface area contributed by atoms with E-state index in [4.69, 9.17) is 10.2 Å². The first kappa shape index (κ1) is 7.95. The molecule has 2 nitrogen and oxygen atoms in total. The average Bonchev–Trinajstić information content (AvgIpc) is 1.97. The molecule has 0 radical (unpaired) electrons. The first-order valence-electron chi connectivity index (χ1n) is 3.58. The molecular formula is C7H13FO2. The number of hydrogen-bond acceptors (Lipinski definition) is 2. The van der Waals surface area contributed by atoms with Crippen LogP contribution in [0.25, 0.3) is 0 Å². The van der Waals surface area contributed by atoms with Gasteiger partial charge in [-0.05, 0) is 11.8 Å². The predicted octanol–water partition coefficient (Wildman–Crippen LogP) is 0.191. The van der Waals surface area contributed by atoms with Gasteiger partial charge in [-0.1, -0.05) is 6.92 Å². The van der Waals surface area contributed by atoms with Crippen LogP contribution in [0.15, 0.2) is 0 Å². The van der Waals surface area contributed by atoms with E-state index < -0.39 is 6.17 Å². The number of aliphatic hydroxyl groups is 2. The second kappa shape index (κ2) is 2.84. The molecule has 0 saturated heterocycles. The molecule has 0 aromatic carbocycles. The normalized spacial score (nSPS) is 46.8.